The maximum Gasteiger partial charge on any atom is 0.323 e. The van der Waals surface area contributed by atoms with Gasteiger partial charge in [0.1, 0.15) is 0 Å². The first-order chi connectivity index (χ1) is 16.8. The number of hydrogen-bond acceptors (Lipinski definition) is 4. The average Bonchev–Trinajstić information content (AvgIpc) is 2.84. The molecule has 1 saturated heterocycles. The Bertz CT molecular complexity index is 1010. The second-order valence-electron chi connectivity index (χ2n) is 9.58. The molecule has 1 fully saturated rings. The van der Waals surface area contributed by atoms with Crippen molar-refractivity contribution in [3.63, 3.8) is 0 Å². The number of carbonyl (C=O) groups excluding carboxylic acids is 2. The standard InChI is InChI=1S/C28H41N5O2/c1-6-32(7-2)17-14-29-27(34)24-19-23(9-11-26(24)33-15-12-20(3)13-16-33)30-28(35)31-25-10-8-21(4)18-22(25)5/h8-11,18-20H,6-7,12-17H2,1-5H3,(H,29,34)(H2,30,31,35). The topological polar surface area (TPSA) is 76.7 Å². The number of piperidine rings is 1. The number of hydrogen-bond donors (Lipinski definition) is 3. The van der Waals surface area contributed by atoms with Gasteiger partial charge in [0.15, 0.2) is 0 Å². The zero-order chi connectivity index (χ0) is 25.4. The third-order valence-corrected chi connectivity index (χ3v) is 6.86. The molecule has 0 unspecified atom stereocenters. The Kier molecular flexibility index (Phi) is 9.55. The Morgan fingerprint density at radius 1 is 1.00 bits per heavy atom. The van der Waals surface area contributed by atoms with Crippen LogP contribution in [0.1, 0.15) is 55.1 Å². The molecule has 3 rings (SSSR count). The van der Waals surface area contributed by atoms with Gasteiger partial charge in [-0.2, -0.15) is 0 Å². The maximum atomic E-state index is 13.3. The van der Waals surface area contributed by atoms with E-state index in [0.717, 1.165) is 68.1 Å². The molecule has 190 valence electrons. The van der Waals surface area contributed by atoms with Crippen LogP contribution < -0.4 is 20.9 Å². The fourth-order valence-electron chi connectivity index (χ4n) is 4.52. The third-order valence-electron chi connectivity index (χ3n) is 6.86. The highest BCUT2D eigenvalue weighted by Crippen LogP contribution is 2.29. The molecule has 2 aromatic carbocycles. The number of nitrogens with one attached hydrogen (secondary N) is 3. The van der Waals surface area contributed by atoms with Gasteiger partial charge in [0, 0.05) is 43.2 Å². The van der Waals surface area contributed by atoms with Crippen molar-refractivity contribution < 1.29 is 9.59 Å². The lowest BCUT2D eigenvalue weighted by Gasteiger charge is -2.33. The fraction of sp³-hybridized carbons (Fsp3) is 0.500. The molecule has 35 heavy (non-hydrogen) atoms. The highest BCUT2D eigenvalue weighted by molar-refractivity contribution is 6.04. The van der Waals surface area contributed by atoms with Crippen molar-refractivity contribution in [3.05, 3.63) is 53.1 Å². The molecule has 0 radical (unpaired) electrons. The summed E-state index contributed by atoms with van der Waals surface area (Å²) in [7, 11) is 0. The minimum atomic E-state index is -0.329. The number of urea groups is 1. The molecule has 2 aromatic rings. The molecular formula is C28H41N5O2. The molecule has 1 aliphatic heterocycles. The predicted octanol–water partition coefficient (Wildman–Crippen LogP) is 5.26. The largest absolute Gasteiger partial charge is 0.371 e. The smallest absolute Gasteiger partial charge is 0.323 e. The van der Waals surface area contributed by atoms with Gasteiger partial charge < -0.3 is 25.8 Å². The molecule has 1 aliphatic rings. The van der Waals surface area contributed by atoms with E-state index in [1.54, 1.807) is 6.07 Å². The van der Waals surface area contributed by atoms with Crippen LogP contribution in [0.4, 0.5) is 21.9 Å². The van der Waals surface area contributed by atoms with Crippen molar-refractivity contribution in [1.82, 2.24) is 10.2 Å². The molecule has 0 spiro atoms. The second kappa shape index (κ2) is 12.6. The Labute approximate surface area is 210 Å². The van der Waals surface area contributed by atoms with Gasteiger partial charge in [0.05, 0.1) is 5.56 Å². The summed E-state index contributed by atoms with van der Waals surface area (Å²) in [5.41, 5.74) is 5.04. The number of rotatable bonds is 9. The van der Waals surface area contributed by atoms with Gasteiger partial charge in [-0.3, -0.25) is 4.79 Å². The van der Waals surface area contributed by atoms with Gasteiger partial charge >= 0.3 is 6.03 Å². The first kappa shape index (κ1) is 26.5. The lowest BCUT2D eigenvalue weighted by atomic mass is 9.98. The van der Waals surface area contributed by atoms with Crippen LogP contribution in [0.2, 0.25) is 0 Å². The van der Waals surface area contributed by atoms with E-state index in [2.05, 4.69) is 46.5 Å². The Hall–Kier alpha value is -3.06. The quantitative estimate of drug-likeness (QED) is 0.459. The molecule has 7 nitrogen and oxygen atoms in total. The normalized spacial score (nSPS) is 14.2. The number of benzene rings is 2. The zero-order valence-corrected chi connectivity index (χ0v) is 21.9. The summed E-state index contributed by atoms with van der Waals surface area (Å²) in [5, 5.41) is 8.89. The van der Waals surface area contributed by atoms with Crippen molar-refractivity contribution in [3.8, 4) is 0 Å². The van der Waals surface area contributed by atoms with E-state index in [1.165, 1.54) is 0 Å². The van der Waals surface area contributed by atoms with E-state index in [4.69, 9.17) is 0 Å². The minimum Gasteiger partial charge on any atom is -0.371 e. The van der Waals surface area contributed by atoms with E-state index in [-0.39, 0.29) is 11.9 Å². The van der Waals surface area contributed by atoms with E-state index in [1.807, 2.05) is 44.2 Å². The van der Waals surface area contributed by atoms with Gasteiger partial charge in [0.2, 0.25) is 0 Å². The molecule has 3 N–H and O–H groups in total. The Morgan fingerprint density at radius 2 is 1.71 bits per heavy atom. The first-order valence-electron chi connectivity index (χ1n) is 12.9. The van der Waals surface area contributed by atoms with E-state index in [0.29, 0.717) is 23.7 Å². The fourth-order valence-corrected chi connectivity index (χ4v) is 4.52. The van der Waals surface area contributed by atoms with Gasteiger partial charge in [0.25, 0.3) is 5.91 Å². The maximum absolute atomic E-state index is 13.3. The first-order valence-corrected chi connectivity index (χ1v) is 12.9. The number of aryl methyl sites for hydroxylation is 2. The third kappa shape index (κ3) is 7.46. The summed E-state index contributed by atoms with van der Waals surface area (Å²) in [4.78, 5) is 30.5. The lowest BCUT2D eigenvalue weighted by Crippen LogP contribution is -2.37. The number of amides is 3. The Balaban J connectivity index is 1.76. The number of nitrogens with zero attached hydrogens (tertiary/aromatic N) is 2. The summed E-state index contributed by atoms with van der Waals surface area (Å²) in [6.45, 7) is 15.7. The molecular weight excluding hydrogens is 438 g/mol. The number of anilines is 3. The van der Waals surface area contributed by atoms with Crippen LogP contribution in [0.5, 0.6) is 0 Å². The zero-order valence-electron chi connectivity index (χ0n) is 21.9. The molecule has 3 amide bonds. The van der Waals surface area contributed by atoms with Crippen LogP contribution in [0, 0.1) is 19.8 Å². The van der Waals surface area contributed by atoms with Crippen LogP contribution in [-0.2, 0) is 0 Å². The monoisotopic (exact) mass is 479 g/mol. The lowest BCUT2D eigenvalue weighted by molar-refractivity contribution is 0.0949. The van der Waals surface area contributed by atoms with Crippen molar-refractivity contribution in [1.29, 1.82) is 0 Å². The van der Waals surface area contributed by atoms with E-state index < -0.39 is 0 Å². The van der Waals surface area contributed by atoms with Crippen molar-refractivity contribution >= 4 is 29.0 Å². The van der Waals surface area contributed by atoms with E-state index >= 15 is 0 Å². The molecule has 0 saturated carbocycles. The highest BCUT2D eigenvalue weighted by Gasteiger charge is 2.22. The van der Waals surface area contributed by atoms with Crippen molar-refractivity contribution in [2.45, 2.75) is 47.5 Å². The van der Waals surface area contributed by atoms with Crippen molar-refractivity contribution in [2.75, 3.05) is 54.8 Å². The molecule has 0 bridgehead atoms. The number of carbonyl (C=O) groups is 2. The van der Waals surface area contributed by atoms with Crippen LogP contribution in [0.25, 0.3) is 0 Å². The summed E-state index contributed by atoms with van der Waals surface area (Å²) in [5.74, 6) is 0.594. The van der Waals surface area contributed by atoms with Gasteiger partial charge in [-0.05, 0) is 75.5 Å². The summed E-state index contributed by atoms with van der Waals surface area (Å²) >= 11 is 0. The summed E-state index contributed by atoms with van der Waals surface area (Å²) in [6.07, 6.45) is 2.22. The Morgan fingerprint density at radius 3 is 2.37 bits per heavy atom. The summed E-state index contributed by atoms with van der Waals surface area (Å²) < 4.78 is 0. The van der Waals surface area contributed by atoms with Crippen LogP contribution in [0.15, 0.2) is 36.4 Å². The number of likely N-dealkylation sites (N-methyl/N-ethyl adjacent to an activating group) is 1. The van der Waals surface area contributed by atoms with Crippen LogP contribution in [-0.4, -0.2) is 56.1 Å². The predicted molar refractivity (Wildman–Crippen MR) is 146 cm³/mol. The molecule has 7 heteroatoms. The van der Waals surface area contributed by atoms with Crippen molar-refractivity contribution in [2.24, 2.45) is 5.92 Å². The second-order valence-corrected chi connectivity index (χ2v) is 9.58. The molecule has 0 aliphatic carbocycles. The SMILES string of the molecule is CCN(CC)CCNC(=O)c1cc(NC(=O)Nc2ccc(C)cc2C)ccc1N1CCC(C)CC1. The highest BCUT2D eigenvalue weighted by atomic mass is 16.2. The average molecular weight is 480 g/mol. The van der Waals surface area contributed by atoms with Gasteiger partial charge in [-0.1, -0.05) is 38.5 Å². The van der Waals surface area contributed by atoms with Gasteiger partial charge in [-0.25, -0.2) is 4.79 Å². The molecule has 0 atom stereocenters. The minimum absolute atomic E-state index is 0.107. The van der Waals surface area contributed by atoms with Crippen LogP contribution in [0.3, 0.4) is 0 Å². The molecule has 1 heterocycles. The van der Waals surface area contributed by atoms with Gasteiger partial charge in [-0.15, -0.1) is 0 Å². The van der Waals surface area contributed by atoms with Crippen LogP contribution >= 0.6 is 0 Å². The van der Waals surface area contributed by atoms with E-state index in [9.17, 15) is 9.59 Å². The molecule has 0 aromatic heterocycles. The summed E-state index contributed by atoms with van der Waals surface area (Å²) in [6, 6.07) is 11.2.